The van der Waals surface area contributed by atoms with Gasteiger partial charge in [0.25, 0.3) is 5.91 Å². The van der Waals surface area contributed by atoms with Crippen LogP contribution in [-0.2, 0) is 4.79 Å². The van der Waals surface area contributed by atoms with Gasteiger partial charge in [-0.1, -0.05) is 42.0 Å². The number of hydrogen-bond donors (Lipinski definition) is 0. The molecule has 2 aliphatic rings. The second kappa shape index (κ2) is 9.28. The van der Waals surface area contributed by atoms with Crippen molar-refractivity contribution in [2.24, 2.45) is 0 Å². The number of fused-ring (bicyclic) bond motifs is 3. The van der Waals surface area contributed by atoms with Crippen LogP contribution < -0.4 is 9.64 Å². The number of aryl methyl sites for hydroxylation is 1. The van der Waals surface area contributed by atoms with E-state index in [9.17, 15) is 9.59 Å². The van der Waals surface area contributed by atoms with Gasteiger partial charge in [0.05, 0.1) is 24.2 Å². The zero-order chi connectivity index (χ0) is 25.5. The van der Waals surface area contributed by atoms with Crippen molar-refractivity contribution in [2.75, 3.05) is 18.6 Å². The Labute approximate surface area is 216 Å². The van der Waals surface area contributed by atoms with Crippen molar-refractivity contribution in [3.63, 3.8) is 0 Å². The summed E-state index contributed by atoms with van der Waals surface area (Å²) in [5.41, 5.74) is 5.58. The highest BCUT2D eigenvalue weighted by Gasteiger charge is 2.40. The quantitative estimate of drug-likeness (QED) is 0.356. The Kier molecular flexibility index (Phi) is 5.80. The largest absolute Gasteiger partial charge is 0.497 e. The minimum Gasteiger partial charge on any atom is -0.497 e. The zero-order valence-corrected chi connectivity index (χ0v) is 21.0. The van der Waals surface area contributed by atoms with Crippen molar-refractivity contribution in [2.45, 2.75) is 31.8 Å². The van der Waals surface area contributed by atoms with Gasteiger partial charge < -0.3 is 14.2 Å². The summed E-state index contributed by atoms with van der Waals surface area (Å²) in [5, 5.41) is 0. The molecular weight excluding hydrogens is 462 g/mol. The van der Waals surface area contributed by atoms with Gasteiger partial charge in [-0.2, -0.15) is 0 Å². The van der Waals surface area contributed by atoms with E-state index < -0.39 is 0 Å². The van der Waals surface area contributed by atoms with Crippen molar-refractivity contribution >= 4 is 17.5 Å². The maximum absolute atomic E-state index is 14.2. The minimum absolute atomic E-state index is 0.0208. The molecule has 6 heteroatoms. The molecule has 0 spiro atoms. The first kappa shape index (κ1) is 23.1. The third-order valence-electron chi connectivity index (χ3n) is 7.27. The predicted octanol–water partition coefficient (Wildman–Crippen LogP) is 5.54. The Morgan fingerprint density at radius 2 is 1.59 bits per heavy atom. The summed E-state index contributed by atoms with van der Waals surface area (Å²) in [6.45, 7) is 2.08. The fraction of sp³-hybridized carbons (Fsp3) is 0.226. The van der Waals surface area contributed by atoms with Crippen LogP contribution in [0.4, 0.5) is 5.69 Å². The second-order valence-electron chi connectivity index (χ2n) is 9.76. The fourth-order valence-electron chi connectivity index (χ4n) is 5.20. The number of rotatable bonds is 6. The average molecular weight is 492 g/mol. The Hall–Kier alpha value is -4.32. The normalized spacial score (nSPS) is 16.1. The highest BCUT2D eigenvalue weighted by atomic mass is 16.5. The molecule has 37 heavy (non-hydrogen) atoms. The van der Waals surface area contributed by atoms with Crippen LogP contribution in [0.15, 0.2) is 91.1 Å². The standard InChI is InChI=1S/C31H29N3O3/c1-21-9-11-22(12-10-21)30-28-8-5-19-32(28)26-6-3-4-7-27(26)34(30)29(35)20-33(24-15-16-24)31(36)23-13-17-25(37-2)18-14-23/h3-14,17-19,24,30H,15-16,20H2,1-2H3. The number of nitrogens with zero attached hydrogens (tertiary/aromatic N) is 3. The third kappa shape index (κ3) is 4.18. The maximum Gasteiger partial charge on any atom is 0.254 e. The fourth-order valence-corrected chi connectivity index (χ4v) is 5.20. The van der Waals surface area contributed by atoms with Gasteiger partial charge in [0.2, 0.25) is 5.91 Å². The van der Waals surface area contributed by atoms with E-state index in [1.54, 1.807) is 36.3 Å². The SMILES string of the molecule is COc1ccc(C(=O)N(CC(=O)N2c3ccccc3-n3cccc3C2c2ccc(C)cc2)C2CC2)cc1. The number of methoxy groups -OCH3 is 1. The number of ether oxygens (including phenoxy) is 1. The van der Waals surface area contributed by atoms with E-state index in [4.69, 9.17) is 4.74 Å². The molecule has 1 unspecified atom stereocenters. The molecule has 1 aromatic heterocycles. The van der Waals surface area contributed by atoms with Crippen molar-refractivity contribution in [3.05, 3.63) is 114 Å². The molecular formula is C31H29N3O3. The first-order valence-electron chi connectivity index (χ1n) is 12.7. The van der Waals surface area contributed by atoms with Crippen molar-refractivity contribution < 1.29 is 14.3 Å². The zero-order valence-electron chi connectivity index (χ0n) is 21.0. The molecule has 0 bridgehead atoms. The molecule has 1 aliphatic carbocycles. The Balaban J connectivity index is 1.38. The van der Waals surface area contributed by atoms with Crippen molar-refractivity contribution in [3.8, 4) is 11.4 Å². The lowest BCUT2D eigenvalue weighted by atomic mass is 9.97. The van der Waals surface area contributed by atoms with E-state index in [0.29, 0.717) is 11.3 Å². The Morgan fingerprint density at radius 1 is 0.892 bits per heavy atom. The van der Waals surface area contributed by atoms with E-state index in [0.717, 1.165) is 35.5 Å². The van der Waals surface area contributed by atoms with Crippen LogP contribution in [0, 0.1) is 6.92 Å². The minimum atomic E-state index is -0.296. The summed E-state index contributed by atoms with van der Waals surface area (Å²) in [6.07, 6.45) is 3.87. The molecule has 1 saturated carbocycles. The van der Waals surface area contributed by atoms with E-state index in [-0.39, 0.29) is 30.4 Å². The number of amides is 2. The van der Waals surface area contributed by atoms with Gasteiger partial charge >= 0.3 is 0 Å². The number of aromatic nitrogens is 1. The summed E-state index contributed by atoms with van der Waals surface area (Å²) in [5.74, 6) is 0.470. The van der Waals surface area contributed by atoms with Crippen LogP contribution in [0.5, 0.6) is 5.75 Å². The molecule has 1 aliphatic heterocycles. The van der Waals surface area contributed by atoms with Gasteiger partial charge in [-0.25, -0.2) is 0 Å². The van der Waals surface area contributed by atoms with Gasteiger partial charge in [-0.05, 0) is 73.9 Å². The van der Waals surface area contributed by atoms with Gasteiger partial charge in [-0.3, -0.25) is 14.5 Å². The monoisotopic (exact) mass is 491 g/mol. The van der Waals surface area contributed by atoms with E-state index in [1.165, 1.54) is 5.56 Å². The first-order chi connectivity index (χ1) is 18.0. The van der Waals surface area contributed by atoms with Gasteiger partial charge in [-0.15, -0.1) is 0 Å². The molecule has 3 aromatic carbocycles. The van der Waals surface area contributed by atoms with Gasteiger partial charge in [0.15, 0.2) is 0 Å². The number of para-hydroxylation sites is 2. The molecule has 0 radical (unpaired) electrons. The first-order valence-corrected chi connectivity index (χ1v) is 12.7. The van der Waals surface area contributed by atoms with E-state index in [1.807, 2.05) is 41.4 Å². The van der Waals surface area contributed by atoms with Crippen LogP contribution in [0.1, 0.15) is 46.1 Å². The molecule has 2 heterocycles. The smallest absolute Gasteiger partial charge is 0.254 e. The molecule has 2 amide bonds. The molecule has 1 fully saturated rings. The number of hydrogen-bond acceptors (Lipinski definition) is 3. The lowest BCUT2D eigenvalue weighted by molar-refractivity contribution is -0.119. The van der Waals surface area contributed by atoms with Crippen LogP contribution in [0.2, 0.25) is 0 Å². The number of carbonyl (C=O) groups excluding carboxylic acids is 2. The predicted molar refractivity (Wildman–Crippen MR) is 143 cm³/mol. The Bertz CT molecular complexity index is 1450. The Morgan fingerprint density at radius 3 is 2.27 bits per heavy atom. The number of anilines is 1. The van der Waals surface area contributed by atoms with Crippen molar-refractivity contribution in [1.82, 2.24) is 9.47 Å². The average Bonchev–Trinajstić information content (AvgIpc) is 3.66. The molecule has 4 aromatic rings. The van der Waals surface area contributed by atoms with Crippen LogP contribution in [0.25, 0.3) is 5.69 Å². The highest BCUT2D eigenvalue weighted by molar-refractivity contribution is 6.03. The van der Waals surface area contributed by atoms with Gasteiger partial charge in [0, 0.05) is 17.8 Å². The summed E-state index contributed by atoms with van der Waals surface area (Å²) < 4.78 is 7.40. The maximum atomic E-state index is 14.2. The molecule has 186 valence electrons. The lowest BCUT2D eigenvalue weighted by Gasteiger charge is -2.39. The molecule has 6 nitrogen and oxygen atoms in total. The summed E-state index contributed by atoms with van der Waals surface area (Å²) in [7, 11) is 1.60. The number of carbonyl (C=O) groups is 2. The van der Waals surface area contributed by atoms with E-state index in [2.05, 4.69) is 41.8 Å². The molecule has 0 saturated heterocycles. The molecule has 6 rings (SSSR count). The van der Waals surface area contributed by atoms with Gasteiger partial charge in [0.1, 0.15) is 18.3 Å². The second-order valence-corrected chi connectivity index (χ2v) is 9.76. The summed E-state index contributed by atoms with van der Waals surface area (Å²) in [6, 6.07) is 27.3. The van der Waals surface area contributed by atoms with Crippen molar-refractivity contribution in [1.29, 1.82) is 0 Å². The lowest BCUT2D eigenvalue weighted by Crippen LogP contribution is -2.47. The van der Waals surface area contributed by atoms with E-state index >= 15 is 0 Å². The summed E-state index contributed by atoms with van der Waals surface area (Å²) >= 11 is 0. The third-order valence-corrected chi connectivity index (χ3v) is 7.27. The molecule has 1 atom stereocenters. The molecule has 0 N–H and O–H groups in total. The number of benzene rings is 3. The van der Waals surface area contributed by atoms with Crippen LogP contribution in [0.3, 0.4) is 0 Å². The topological polar surface area (TPSA) is 54.8 Å². The van der Waals surface area contributed by atoms with Crippen LogP contribution >= 0.6 is 0 Å². The highest BCUT2D eigenvalue weighted by Crippen LogP contribution is 2.42. The van der Waals surface area contributed by atoms with Crippen LogP contribution in [-0.4, -0.2) is 41.0 Å². The summed E-state index contributed by atoms with van der Waals surface area (Å²) in [4.78, 5) is 31.4.